The van der Waals surface area contributed by atoms with Gasteiger partial charge in [0.1, 0.15) is 0 Å². The van der Waals surface area contributed by atoms with Gasteiger partial charge in [-0.1, -0.05) is 51.1 Å². The first kappa shape index (κ1) is 19.1. The van der Waals surface area contributed by atoms with Crippen molar-refractivity contribution in [2.75, 3.05) is 19.7 Å². The van der Waals surface area contributed by atoms with Gasteiger partial charge in [-0.2, -0.15) is 0 Å². The maximum Gasteiger partial charge on any atom is 0.223 e. The van der Waals surface area contributed by atoms with E-state index in [2.05, 4.69) is 20.8 Å². The van der Waals surface area contributed by atoms with E-state index in [0.717, 1.165) is 41.3 Å². The van der Waals surface area contributed by atoms with Gasteiger partial charge in [-0.15, -0.1) is 0 Å². The van der Waals surface area contributed by atoms with Crippen molar-refractivity contribution >= 4 is 5.91 Å². The summed E-state index contributed by atoms with van der Waals surface area (Å²) in [4.78, 5) is 24.6. The smallest absolute Gasteiger partial charge is 0.223 e. The van der Waals surface area contributed by atoms with Crippen LogP contribution in [0.25, 0.3) is 11.4 Å². The van der Waals surface area contributed by atoms with Crippen LogP contribution in [0.2, 0.25) is 0 Å². The van der Waals surface area contributed by atoms with Gasteiger partial charge < -0.3 is 9.64 Å². The molecule has 5 nitrogen and oxygen atoms in total. The summed E-state index contributed by atoms with van der Waals surface area (Å²) < 4.78 is 5.97. The maximum atomic E-state index is 12.8. The molecule has 0 unspecified atom stereocenters. The van der Waals surface area contributed by atoms with Gasteiger partial charge in [0.2, 0.25) is 5.91 Å². The zero-order chi connectivity index (χ0) is 19.9. The quantitative estimate of drug-likeness (QED) is 0.794. The molecule has 28 heavy (non-hydrogen) atoms. The van der Waals surface area contributed by atoms with Crippen molar-refractivity contribution in [2.45, 2.75) is 52.6 Å². The average molecular weight is 380 g/mol. The summed E-state index contributed by atoms with van der Waals surface area (Å²) >= 11 is 0. The van der Waals surface area contributed by atoms with Crippen molar-refractivity contribution in [3.63, 3.8) is 0 Å². The van der Waals surface area contributed by atoms with E-state index in [9.17, 15) is 4.79 Å². The lowest BCUT2D eigenvalue weighted by Crippen LogP contribution is -2.42. The molecular formula is C23H29N3O2. The third-order valence-corrected chi connectivity index (χ3v) is 5.76. The van der Waals surface area contributed by atoms with Gasteiger partial charge in [0, 0.05) is 36.3 Å². The summed E-state index contributed by atoms with van der Waals surface area (Å²) in [5.74, 6) is 0.989. The minimum Gasteiger partial charge on any atom is -0.376 e. The van der Waals surface area contributed by atoms with Crippen molar-refractivity contribution in [2.24, 2.45) is 5.41 Å². The van der Waals surface area contributed by atoms with Crippen molar-refractivity contribution in [3.8, 4) is 11.4 Å². The zero-order valence-corrected chi connectivity index (χ0v) is 17.3. The predicted octanol–water partition coefficient (Wildman–Crippen LogP) is 3.89. The Kier molecular flexibility index (Phi) is 4.74. The lowest BCUT2D eigenvalue weighted by Gasteiger charge is -2.35. The summed E-state index contributed by atoms with van der Waals surface area (Å²) in [5.41, 5.74) is 3.94. The first-order chi connectivity index (χ1) is 13.3. The van der Waals surface area contributed by atoms with Crippen LogP contribution >= 0.6 is 0 Å². The molecule has 148 valence electrons. The van der Waals surface area contributed by atoms with Crippen LogP contribution in [0.15, 0.2) is 30.3 Å². The number of hydrogen-bond acceptors (Lipinski definition) is 4. The van der Waals surface area contributed by atoms with E-state index in [-0.39, 0.29) is 16.7 Å². The van der Waals surface area contributed by atoms with E-state index >= 15 is 0 Å². The van der Waals surface area contributed by atoms with Crippen LogP contribution in [0.5, 0.6) is 0 Å². The van der Waals surface area contributed by atoms with Gasteiger partial charge in [-0.25, -0.2) is 9.97 Å². The van der Waals surface area contributed by atoms with Crippen LogP contribution in [0.4, 0.5) is 0 Å². The van der Waals surface area contributed by atoms with Crippen molar-refractivity contribution in [1.29, 1.82) is 0 Å². The Hall–Kier alpha value is -2.27. The molecule has 3 heterocycles. The molecule has 0 aliphatic carbocycles. The molecule has 0 saturated carbocycles. The summed E-state index contributed by atoms with van der Waals surface area (Å²) in [6, 6.07) is 10.1. The Morgan fingerprint density at radius 1 is 1.21 bits per heavy atom. The number of aromatic nitrogens is 2. The lowest BCUT2D eigenvalue weighted by atomic mass is 9.80. The van der Waals surface area contributed by atoms with Crippen LogP contribution in [0, 0.1) is 12.3 Å². The number of ether oxygens (including phenoxy) is 1. The number of benzene rings is 1. The molecule has 1 aromatic carbocycles. The monoisotopic (exact) mass is 379 g/mol. The van der Waals surface area contributed by atoms with Crippen molar-refractivity contribution < 1.29 is 9.53 Å². The zero-order valence-electron chi connectivity index (χ0n) is 17.3. The Morgan fingerprint density at radius 2 is 1.96 bits per heavy atom. The molecule has 5 heteroatoms. The van der Waals surface area contributed by atoms with E-state index < -0.39 is 0 Å². The molecule has 0 radical (unpaired) electrons. The topological polar surface area (TPSA) is 55.3 Å². The molecule has 0 N–H and O–H groups in total. The van der Waals surface area contributed by atoms with Gasteiger partial charge in [0.25, 0.3) is 0 Å². The molecule has 1 spiro atoms. The van der Waals surface area contributed by atoms with E-state index in [1.165, 1.54) is 0 Å². The summed E-state index contributed by atoms with van der Waals surface area (Å²) in [6.45, 7) is 11.0. The Balaban J connectivity index is 1.69. The first-order valence-corrected chi connectivity index (χ1v) is 10.1. The maximum absolute atomic E-state index is 12.8. The highest BCUT2D eigenvalue weighted by Crippen LogP contribution is 2.41. The molecule has 2 aliphatic rings. The van der Waals surface area contributed by atoms with E-state index in [1.807, 2.05) is 42.2 Å². The van der Waals surface area contributed by atoms with Crippen LogP contribution in [-0.2, 0) is 21.6 Å². The Bertz CT molecular complexity index is 889. The summed E-state index contributed by atoms with van der Waals surface area (Å²) in [5, 5.41) is 0. The fraction of sp³-hybridized carbons (Fsp3) is 0.522. The largest absolute Gasteiger partial charge is 0.376 e. The lowest BCUT2D eigenvalue weighted by molar-refractivity contribution is -0.132. The normalized spacial score (nSPS) is 21.8. The first-order valence-electron chi connectivity index (χ1n) is 10.1. The van der Waals surface area contributed by atoms with Gasteiger partial charge in [0.05, 0.1) is 24.3 Å². The van der Waals surface area contributed by atoms with Crippen molar-refractivity contribution in [3.05, 3.63) is 47.3 Å². The minimum atomic E-state index is -0.224. The third-order valence-electron chi connectivity index (χ3n) is 5.76. The SMILES string of the molecule is Cc1nc(-c2ccccc2)nc2c1COC[C@]21CCN(C(=O)CC(C)(C)C)C1. The highest BCUT2D eigenvalue weighted by molar-refractivity contribution is 5.77. The van der Waals surface area contributed by atoms with Crippen LogP contribution in [0.1, 0.15) is 50.6 Å². The van der Waals surface area contributed by atoms with E-state index in [0.29, 0.717) is 26.2 Å². The van der Waals surface area contributed by atoms with Gasteiger partial charge in [-0.3, -0.25) is 4.79 Å². The fourth-order valence-electron chi connectivity index (χ4n) is 4.30. The summed E-state index contributed by atoms with van der Waals surface area (Å²) in [7, 11) is 0. The number of hydrogen-bond donors (Lipinski definition) is 0. The highest BCUT2D eigenvalue weighted by atomic mass is 16.5. The molecular weight excluding hydrogens is 350 g/mol. The van der Waals surface area contributed by atoms with Crippen LogP contribution < -0.4 is 0 Å². The fourth-order valence-corrected chi connectivity index (χ4v) is 4.30. The van der Waals surface area contributed by atoms with Crippen LogP contribution in [0.3, 0.4) is 0 Å². The second-order valence-corrected chi connectivity index (χ2v) is 9.40. The molecule has 1 amide bonds. The Labute approximate surface area is 167 Å². The van der Waals surface area contributed by atoms with Gasteiger partial charge in [-0.05, 0) is 18.8 Å². The number of likely N-dealkylation sites (tertiary alicyclic amines) is 1. The number of fused-ring (bicyclic) bond motifs is 2. The minimum absolute atomic E-state index is 0.00690. The molecule has 0 bridgehead atoms. The molecule has 1 saturated heterocycles. The molecule has 2 aromatic rings. The number of rotatable bonds is 2. The molecule has 1 fully saturated rings. The van der Waals surface area contributed by atoms with Gasteiger partial charge >= 0.3 is 0 Å². The number of nitrogens with zero attached hydrogens (tertiary/aromatic N) is 3. The number of amides is 1. The molecule has 4 rings (SSSR count). The third kappa shape index (κ3) is 3.55. The van der Waals surface area contributed by atoms with Gasteiger partial charge in [0.15, 0.2) is 5.82 Å². The highest BCUT2D eigenvalue weighted by Gasteiger charge is 2.47. The molecule has 1 atom stereocenters. The average Bonchev–Trinajstić information content (AvgIpc) is 3.07. The van der Waals surface area contributed by atoms with E-state index in [1.54, 1.807) is 0 Å². The van der Waals surface area contributed by atoms with Crippen LogP contribution in [-0.4, -0.2) is 40.5 Å². The Morgan fingerprint density at radius 3 is 2.68 bits per heavy atom. The van der Waals surface area contributed by atoms with E-state index in [4.69, 9.17) is 14.7 Å². The number of carbonyl (C=O) groups is 1. The standard InChI is InChI=1S/C23H29N3O2/c1-16-18-13-28-15-23(10-11-26(14-23)19(27)12-22(2,3)4)20(18)25-21(24-16)17-8-6-5-7-9-17/h5-9H,10-15H2,1-4H3/t23-/m1/s1. The number of aryl methyl sites for hydroxylation is 1. The molecule has 1 aromatic heterocycles. The summed E-state index contributed by atoms with van der Waals surface area (Å²) in [6.07, 6.45) is 1.45. The molecule has 2 aliphatic heterocycles. The predicted molar refractivity (Wildman–Crippen MR) is 109 cm³/mol. The van der Waals surface area contributed by atoms with Crippen molar-refractivity contribution in [1.82, 2.24) is 14.9 Å². The second kappa shape index (κ2) is 6.96. The number of carbonyl (C=O) groups excluding carboxylic acids is 1. The second-order valence-electron chi connectivity index (χ2n) is 9.40.